The van der Waals surface area contributed by atoms with Gasteiger partial charge in [-0.3, -0.25) is 0 Å². The molecule has 0 saturated carbocycles. The summed E-state index contributed by atoms with van der Waals surface area (Å²) in [7, 11) is -1.21. The molecule has 92 valence electrons. The van der Waals surface area contributed by atoms with Crippen LogP contribution in [0, 0.1) is 0 Å². The van der Waals surface area contributed by atoms with Crippen molar-refractivity contribution in [3.05, 3.63) is 30.0 Å². The largest absolute Gasteiger partial charge is 0.350 e. The van der Waals surface area contributed by atoms with Gasteiger partial charge in [0.05, 0.1) is 4.90 Å². The molecule has 0 radical (unpaired) electrons. The van der Waals surface area contributed by atoms with E-state index in [0.29, 0.717) is 11.4 Å². The zero-order valence-electron chi connectivity index (χ0n) is 9.97. The van der Waals surface area contributed by atoms with E-state index < -0.39 is 9.84 Å². The van der Waals surface area contributed by atoms with Crippen LogP contribution in [0.25, 0.3) is 10.9 Å². The molecule has 2 N–H and O–H groups in total. The second-order valence-corrected chi connectivity index (χ2v) is 6.27. The van der Waals surface area contributed by atoms with Gasteiger partial charge in [-0.25, -0.2) is 8.42 Å². The first-order valence-corrected chi connectivity index (χ1v) is 7.30. The topological polar surface area (TPSA) is 65.1 Å². The lowest BCUT2D eigenvalue weighted by Crippen LogP contribution is -2.02. The SMILES string of the molecule is Cn1cc(CCN)c2cc(S(C)(=O)=O)ccc21. The average molecular weight is 252 g/mol. The molecule has 0 aliphatic rings. The fourth-order valence-corrected chi connectivity index (χ4v) is 2.69. The Hall–Kier alpha value is -1.33. The Labute approximate surface area is 101 Å². The molecule has 17 heavy (non-hydrogen) atoms. The Morgan fingerprint density at radius 3 is 2.65 bits per heavy atom. The predicted octanol–water partition coefficient (Wildman–Crippen LogP) is 1.08. The van der Waals surface area contributed by atoms with E-state index in [1.54, 1.807) is 12.1 Å². The van der Waals surface area contributed by atoms with Gasteiger partial charge in [-0.2, -0.15) is 0 Å². The van der Waals surface area contributed by atoms with Crippen molar-refractivity contribution in [2.45, 2.75) is 11.3 Å². The number of benzene rings is 1. The molecule has 0 atom stereocenters. The molecule has 0 bridgehead atoms. The number of aryl methyl sites for hydroxylation is 1. The van der Waals surface area contributed by atoms with Gasteiger partial charge in [0.15, 0.2) is 9.84 Å². The van der Waals surface area contributed by atoms with E-state index in [1.165, 1.54) is 6.26 Å². The van der Waals surface area contributed by atoms with Crippen molar-refractivity contribution in [1.29, 1.82) is 0 Å². The van der Waals surface area contributed by atoms with Crippen LogP contribution < -0.4 is 5.73 Å². The first-order chi connectivity index (χ1) is 7.93. The number of hydrogen-bond donors (Lipinski definition) is 1. The number of rotatable bonds is 3. The van der Waals surface area contributed by atoms with E-state index in [-0.39, 0.29) is 0 Å². The fourth-order valence-electron chi connectivity index (χ4n) is 2.04. The Morgan fingerprint density at radius 2 is 2.06 bits per heavy atom. The fraction of sp³-hybridized carbons (Fsp3) is 0.333. The summed E-state index contributed by atoms with van der Waals surface area (Å²) in [5.41, 5.74) is 7.68. The molecular formula is C12H16N2O2S. The number of sulfone groups is 1. The highest BCUT2D eigenvalue weighted by Gasteiger charge is 2.11. The first-order valence-electron chi connectivity index (χ1n) is 5.41. The van der Waals surface area contributed by atoms with Crippen LogP contribution in [0.4, 0.5) is 0 Å². The van der Waals surface area contributed by atoms with Crippen LogP contribution in [-0.4, -0.2) is 25.8 Å². The number of nitrogens with two attached hydrogens (primary N) is 1. The van der Waals surface area contributed by atoms with Crippen molar-refractivity contribution in [1.82, 2.24) is 4.57 Å². The molecule has 0 aliphatic carbocycles. The molecule has 2 aromatic rings. The van der Waals surface area contributed by atoms with Crippen molar-refractivity contribution in [2.75, 3.05) is 12.8 Å². The molecule has 1 heterocycles. The summed E-state index contributed by atoms with van der Waals surface area (Å²) >= 11 is 0. The molecule has 2 rings (SSSR count). The standard InChI is InChI=1S/C12H16N2O2S/c1-14-8-9(5-6-13)11-7-10(17(2,15)16)3-4-12(11)14/h3-4,7-8H,5-6,13H2,1-2H3. The van der Waals surface area contributed by atoms with Gasteiger partial charge >= 0.3 is 0 Å². The number of hydrogen-bond acceptors (Lipinski definition) is 3. The Balaban J connectivity index is 2.70. The van der Waals surface area contributed by atoms with Gasteiger partial charge in [0.2, 0.25) is 0 Å². The third kappa shape index (κ3) is 2.21. The molecule has 0 amide bonds. The van der Waals surface area contributed by atoms with Gasteiger partial charge < -0.3 is 10.3 Å². The molecule has 0 saturated heterocycles. The Morgan fingerprint density at radius 1 is 1.35 bits per heavy atom. The predicted molar refractivity (Wildman–Crippen MR) is 68.8 cm³/mol. The van der Waals surface area contributed by atoms with Crippen LogP contribution >= 0.6 is 0 Å². The molecule has 1 aromatic carbocycles. The van der Waals surface area contributed by atoms with Gasteiger partial charge in [-0.15, -0.1) is 0 Å². The highest BCUT2D eigenvalue weighted by Crippen LogP contribution is 2.24. The number of fused-ring (bicyclic) bond motifs is 1. The highest BCUT2D eigenvalue weighted by molar-refractivity contribution is 7.90. The summed E-state index contributed by atoms with van der Waals surface area (Å²) < 4.78 is 25.0. The summed E-state index contributed by atoms with van der Waals surface area (Å²) in [6.07, 6.45) is 3.98. The quantitative estimate of drug-likeness (QED) is 0.889. The summed E-state index contributed by atoms with van der Waals surface area (Å²) in [5.74, 6) is 0. The third-order valence-corrected chi connectivity index (χ3v) is 4.00. The van der Waals surface area contributed by atoms with E-state index in [9.17, 15) is 8.42 Å². The molecule has 0 spiro atoms. The highest BCUT2D eigenvalue weighted by atomic mass is 32.2. The molecule has 4 nitrogen and oxygen atoms in total. The van der Waals surface area contributed by atoms with E-state index in [1.807, 2.05) is 23.9 Å². The molecule has 0 fully saturated rings. The normalized spacial score (nSPS) is 12.2. The van der Waals surface area contributed by atoms with Gasteiger partial charge in [0.1, 0.15) is 0 Å². The average Bonchev–Trinajstić information content (AvgIpc) is 2.55. The van der Waals surface area contributed by atoms with Crippen molar-refractivity contribution in [2.24, 2.45) is 12.8 Å². The molecule has 1 aromatic heterocycles. The lowest BCUT2D eigenvalue weighted by atomic mass is 10.1. The van der Waals surface area contributed by atoms with Crippen LogP contribution in [0.2, 0.25) is 0 Å². The Bertz CT molecular complexity index is 656. The summed E-state index contributed by atoms with van der Waals surface area (Å²) in [6.45, 7) is 0.558. The minimum atomic E-state index is -3.16. The van der Waals surface area contributed by atoms with Gasteiger partial charge in [0.25, 0.3) is 0 Å². The maximum absolute atomic E-state index is 11.5. The lowest BCUT2D eigenvalue weighted by molar-refractivity contribution is 0.602. The van der Waals surface area contributed by atoms with Crippen LogP contribution in [-0.2, 0) is 23.3 Å². The molecule has 5 heteroatoms. The van der Waals surface area contributed by atoms with Crippen molar-refractivity contribution < 1.29 is 8.42 Å². The van der Waals surface area contributed by atoms with E-state index >= 15 is 0 Å². The van der Waals surface area contributed by atoms with E-state index in [0.717, 1.165) is 22.9 Å². The van der Waals surface area contributed by atoms with Crippen LogP contribution in [0.15, 0.2) is 29.3 Å². The van der Waals surface area contributed by atoms with Gasteiger partial charge in [-0.05, 0) is 36.7 Å². The number of aromatic nitrogens is 1. The second kappa shape index (κ2) is 4.16. The molecular weight excluding hydrogens is 236 g/mol. The van der Waals surface area contributed by atoms with Crippen LogP contribution in [0.3, 0.4) is 0 Å². The zero-order chi connectivity index (χ0) is 12.6. The van der Waals surface area contributed by atoms with Crippen LogP contribution in [0.1, 0.15) is 5.56 Å². The zero-order valence-corrected chi connectivity index (χ0v) is 10.8. The monoisotopic (exact) mass is 252 g/mol. The van der Waals surface area contributed by atoms with Crippen molar-refractivity contribution in [3.63, 3.8) is 0 Å². The summed E-state index contributed by atoms with van der Waals surface area (Å²) in [5, 5.41) is 0.973. The summed E-state index contributed by atoms with van der Waals surface area (Å²) in [4.78, 5) is 0.356. The van der Waals surface area contributed by atoms with E-state index in [4.69, 9.17) is 5.73 Å². The molecule has 0 aliphatic heterocycles. The third-order valence-electron chi connectivity index (χ3n) is 2.89. The van der Waals surface area contributed by atoms with E-state index in [2.05, 4.69) is 0 Å². The lowest BCUT2D eigenvalue weighted by Gasteiger charge is -2.01. The first kappa shape index (κ1) is 12.1. The van der Waals surface area contributed by atoms with Crippen molar-refractivity contribution in [3.8, 4) is 0 Å². The second-order valence-electron chi connectivity index (χ2n) is 4.26. The maximum atomic E-state index is 11.5. The minimum absolute atomic E-state index is 0.356. The minimum Gasteiger partial charge on any atom is -0.350 e. The van der Waals surface area contributed by atoms with Gasteiger partial charge in [-0.1, -0.05) is 0 Å². The number of nitrogens with zero attached hydrogens (tertiary/aromatic N) is 1. The van der Waals surface area contributed by atoms with Crippen LogP contribution in [0.5, 0.6) is 0 Å². The van der Waals surface area contributed by atoms with Crippen molar-refractivity contribution >= 4 is 20.7 Å². The Kier molecular flexibility index (Phi) is 2.97. The maximum Gasteiger partial charge on any atom is 0.175 e. The molecule has 0 unspecified atom stereocenters. The summed E-state index contributed by atoms with van der Waals surface area (Å²) in [6, 6.07) is 5.21. The smallest absolute Gasteiger partial charge is 0.175 e. The van der Waals surface area contributed by atoms with Gasteiger partial charge in [0, 0.05) is 30.4 Å².